The molecule has 5 heteroatoms. The number of nitrogens with one attached hydrogen (secondary N) is 1. The van der Waals surface area contributed by atoms with Gasteiger partial charge in [0.2, 0.25) is 0 Å². The number of ether oxygens (including phenoxy) is 1. The molecule has 0 saturated carbocycles. The number of carbonyl (C=O) groups is 1. The Bertz CT molecular complexity index is 546. The van der Waals surface area contributed by atoms with Crippen molar-refractivity contribution in [2.24, 2.45) is 11.1 Å². The maximum atomic E-state index is 12.5. The Morgan fingerprint density at radius 2 is 2.00 bits per heavy atom. The highest BCUT2D eigenvalue weighted by Crippen LogP contribution is 2.38. The molecule has 0 aromatic heterocycles. The molecule has 1 saturated heterocycles. The molecule has 0 amide bonds. The number of piperidine rings is 1. The van der Waals surface area contributed by atoms with Gasteiger partial charge in [0.1, 0.15) is 5.60 Å². The van der Waals surface area contributed by atoms with Gasteiger partial charge in [0, 0.05) is 23.9 Å². The van der Waals surface area contributed by atoms with Gasteiger partial charge in [-0.25, -0.2) is 0 Å². The van der Waals surface area contributed by atoms with Crippen LogP contribution in [0.4, 0.5) is 0 Å². The molecule has 22 heavy (non-hydrogen) atoms. The zero-order chi connectivity index (χ0) is 16.4. The van der Waals surface area contributed by atoms with Gasteiger partial charge in [-0.15, -0.1) is 0 Å². The van der Waals surface area contributed by atoms with Gasteiger partial charge in [-0.2, -0.15) is 0 Å². The van der Waals surface area contributed by atoms with E-state index in [0.29, 0.717) is 6.54 Å². The lowest BCUT2D eigenvalue weighted by Crippen LogP contribution is -2.45. The van der Waals surface area contributed by atoms with Crippen LogP contribution >= 0.6 is 15.9 Å². The van der Waals surface area contributed by atoms with Crippen molar-refractivity contribution in [3.05, 3.63) is 33.8 Å². The molecule has 0 spiro atoms. The number of benzene rings is 1. The van der Waals surface area contributed by atoms with E-state index in [0.717, 1.165) is 41.5 Å². The molecule has 1 fully saturated rings. The molecule has 1 aliphatic heterocycles. The first-order valence-corrected chi connectivity index (χ1v) is 8.51. The van der Waals surface area contributed by atoms with Crippen LogP contribution in [0.1, 0.15) is 44.7 Å². The Hall–Kier alpha value is -0.910. The van der Waals surface area contributed by atoms with E-state index in [4.69, 9.17) is 10.5 Å². The van der Waals surface area contributed by atoms with Crippen molar-refractivity contribution in [1.29, 1.82) is 0 Å². The number of carbonyl (C=O) groups excluding carboxylic acids is 1. The largest absolute Gasteiger partial charge is 0.454 e. The quantitative estimate of drug-likeness (QED) is 0.804. The van der Waals surface area contributed by atoms with E-state index >= 15 is 0 Å². The summed E-state index contributed by atoms with van der Waals surface area (Å²) in [7, 11) is 0. The summed E-state index contributed by atoms with van der Waals surface area (Å²) in [6.07, 6.45) is 1.56. The molecule has 1 heterocycles. The van der Waals surface area contributed by atoms with Gasteiger partial charge in [-0.05, 0) is 57.1 Å². The average Bonchev–Trinajstić information content (AvgIpc) is 2.47. The summed E-state index contributed by atoms with van der Waals surface area (Å²) in [5, 5.41) is 3.34. The second-order valence-electron chi connectivity index (χ2n) is 6.89. The highest BCUT2D eigenvalue weighted by molar-refractivity contribution is 9.10. The zero-order valence-electron chi connectivity index (χ0n) is 13.5. The van der Waals surface area contributed by atoms with E-state index in [1.165, 1.54) is 0 Å². The highest BCUT2D eigenvalue weighted by atomic mass is 79.9. The zero-order valence-corrected chi connectivity index (χ0v) is 15.1. The fraction of sp³-hybridized carbons (Fsp3) is 0.588. The first-order chi connectivity index (χ1) is 10.3. The van der Waals surface area contributed by atoms with Crippen LogP contribution in [-0.4, -0.2) is 19.1 Å². The first-order valence-electron chi connectivity index (χ1n) is 7.72. The van der Waals surface area contributed by atoms with Crippen LogP contribution in [0.5, 0.6) is 0 Å². The number of rotatable bonds is 3. The van der Waals surface area contributed by atoms with E-state index in [9.17, 15) is 4.79 Å². The molecule has 0 atom stereocenters. The van der Waals surface area contributed by atoms with Crippen molar-refractivity contribution < 1.29 is 9.53 Å². The molecule has 0 aliphatic carbocycles. The molecule has 2 rings (SSSR count). The van der Waals surface area contributed by atoms with Crippen molar-refractivity contribution >= 4 is 21.9 Å². The summed E-state index contributed by atoms with van der Waals surface area (Å²) in [4.78, 5) is 12.5. The molecule has 1 aliphatic rings. The third kappa shape index (κ3) is 3.70. The lowest BCUT2D eigenvalue weighted by atomic mass is 9.83. The van der Waals surface area contributed by atoms with E-state index < -0.39 is 11.0 Å². The normalized spacial score (nSPS) is 18.0. The average molecular weight is 369 g/mol. The SMILES string of the molecule is CC(C)(C)C(=O)OC1(c2ccc(Br)c(CN)c2)CCNCC1. The first kappa shape index (κ1) is 17.4. The highest BCUT2D eigenvalue weighted by Gasteiger charge is 2.40. The van der Waals surface area contributed by atoms with Gasteiger partial charge in [0.25, 0.3) is 0 Å². The Kier molecular flexibility index (Phi) is 5.30. The fourth-order valence-corrected chi connectivity index (χ4v) is 3.03. The molecule has 122 valence electrons. The van der Waals surface area contributed by atoms with Gasteiger partial charge in [0.15, 0.2) is 0 Å². The Labute approximate surface area is 140 Å². The van der Waals surface area contributed by atoms with Crippen LogP contribution in [0.15, 0.2) is 22.7 Å². The van der Waals surface area contributed by atoms with Crippen LogP contribution in [0.25, 0.3) is 0 Å². The van der Waals surface area contributed by atoms with Crippen LogP contribution < -0.4 is 11.1 Å². The van der Waals surface area contributed by atoms with Crippen molar-refractivity contribution in [1.82, 2.24) is 5.32 Å². The summed E-state index contributed by atoms with van der Waals surface area (Å²) in [5.74, 6) is -0.161. The van der Waals surface area contributed by atoms with Gasteiger partial charge < -0.3 is 15.8 Å². The Balaban J connectivity index is 2.39. The molecular weight excluding hydrogens is 344 g/mol. The van der Waals surface area contributed by atoms with Crippen molar-refractivity contribution in [2.75, 3.05) is 13.1 Å². The third-order valence-electron chi connectivity index (χ3n) is 4.10. The Morgan fingerprint density at radius 1 is 1.36 bits per heavy atom. The second-order valence-corrected chi connectivity index (χ2v) is 7.75. The van der Waals surface area contributed by atoms with Crippen LogP contribution in [0, 0.1) is 5.41 Å². The maximum absolute atomic E-state index is 12.5. The smallest absolute Gasteiger partial charge is 0.312 e. The minimum atomic E-state index is -0.555. The summed E-state index contributed by atoms with van der Waals surface area (Å²) in [5.41, 5.74) is 6.81. The van der Waals surface area contributed by atoms with Crippen molar-refractivity contribution in [2.45, 2.75) is 45.8 Å². The third-order valence-corrected chi connectivity index (χ3v) is 4.88. The van der Waals surface area contributed by atoms with Gasteiger partial charge >= 0.3 is 5.97 Å². The van der Waals surface area contributed by atoms with Crippen LogP contribution in [0.3, 0.4) is 0 Å². The topological polar surface area (TPSA) is 64.3 Å². The number of halogens is 1. The number of hydrogen-bond acceptors (Lipinski definition) is 4. The standard InChI is InChI=1S/C17H25BrN2O2/c1-16(2,3)15(21)22-17(6-8-20-9-7-17)13-4-5-14(18)12(10-13)11-19/h4-5,10,20H,6-9,11,19H2,1-3H3. The van der Waals surface area contributed by atoms with Gasteiger partial charge in [0.05, 0.1) is 5.41 Å². The molecule has 0 radical (unpaired) electrons. The molecule has 1 aromatic carbocycles. The van der Waals surface area contributed by atoms with Crippen molar-refractivity contribution in [3.63, 3.8) is 0 Å². The van der Waals surface area contributed by atoms with E-state index in [2.05, 4.69) is 27.3 Å². The molecule has 0 unspecified atom stereocenters. The predicted octanol–water partition coefficient (Wildman–Crippen LogP) is 3.08. The molecule has 4 nitrogen and oxygen atoms in total. The maximum Gasteiger partial charge on any atom is 0.312 e. The lowest BCUT2D eigenvalue weighted by Gasteiger charge is -2.39. The van der Waals surface area contributed by atoms with E-state index in [1.54, 1.807) is 0 Å². The second kappa shape index (κ2) is 6.69. The summed E-state index contributed by atoms with van der Waals surface area (Å²) in [6.45, 7) is 7.79. The van der Waals surface area contributed by atoms with Crippen LogP contribution in [-0.2, 0) is 21.7 Å². The van der Waals surface area contributed by atoms with Gasteiger partial charge in [-0.3, -0.25) is 4.79 Å². The number of hydrogen-bond donors (Lipinski definition) is 2. The molecule has 1 aromatic rings. The molecule has 0 bridgehead atoms. The minimum Gasteiger partial charge on any atom is -0.454 e. The molecule has 3 N–H and O–H groups in total. The molecular formula is C17H25BrN2O2. The van der Waals surface area contributed by atoms with Gasteiger partial charge in [-0.1, -0.05) is 22.0 Å². The monoisotopic (exact) mass is 368 g/mol. The predicted molar refractivity (Wildman–Crippen MR) is 91.4 cm³/mol. The fourth-order valence-electron chi connectivity index (χ4n) is 2.63. The number of nitrogens with two attached hydrogens (primary N) is 1. The Morgan fingerprint density at radius 3 is 2.55 bits per heavy atom. The lowest BCUT2D eigenvalue weighted by molar-refractivity contribution is -0.174. The summed E-state index contributed by atoms with van der Waals surface area (Å²) >= 11 is 3.51. The van der Waals surface area contributed by atoms with Crippen LogP contribution in [0.2, 0.25) is 0 Å². The van der Waals surface area contributed by atoms with E-state index in [-0.39, 0.29) is 5.97 Å². The van der Waals surface area contributed by atoms with Crippen molar-refractivity contribution in [3.8, 4) is 0 Å². The van der Waals surface area contributed by atoms with E-state index in [1.807, 2.05) is 32.9 Å². The summed E-state index contributed by atoms with van der Waals surface area (Å²) in [6, 6.07) is 6.09. The minimum absolute atomic E-state index is 0.161. The summed E-state index contributed by atoms with van der Waals surface area (Å²) < 4.78 is 7.02. The number of esters is 1.